The summed E-state index contributed by atoms with van der Waals surface area (Å²) in [5.41, 5.74) is 4.22. The Kier molecular flexibility index (Phi) is 5.97. The largest absolute Gasteiger partial charge is 0.359 e. The van der Waals surface area contributed by atoms with Crippen LogP contribution >= 0.6 is 11.6 Å². The summed E-state index contributed by atoms with van der Waals surface area (Å²) in [6, 6.07) is 16.5. The fraction of sp³-hybridized carbons (Fsp3) is 0.250. The maximum Gasteiger partial charge on any atom is 0.272 e. The molecule has 32 heavy (non-hydrogen) atoms. The average Bonchev–Trinajstić information content (AvgIpc) is 3.24. The summed E-state index contributed by atoms with van der Waals surface area (Å²) in [5, 5.41) is 16.8. The normalized spacial score (nSPS) is 15.2. The highest BCUT2D eigenvalue weighted by Crippen LogP contribution is 2.30. The Labute approximate surface area is 191 Å². The van der Waals surface area contributed by atoms with E-state index < -0.39 is 0 Å². The number of halogens is 1. The van der Waals surface area contributed by atoms with Crippen molar-refractivity contribution < 1.29 is 9.59 Å². The van der Waals surface area contributed by atoms with E-state index in [4.69, 9.17) is 22.0 Å². The van der Waals surface area contributed by atoms with E-state index in [0.29, 0.717) is 35.1 Å². The smallest absolute Gasteiger partial charge is 0.272 e. The lowest BCUT2D eigenvalue weighted by molar-refractivity contribution is -0.119. The molecule has 0 spiro atoms. The van der Waals surface area contributed by atoms with Gasteiger partial charge >= 0.3 is 0 Å². The molecule has 1 atom stereocenters. The van der Waals surface area contributed by atoms with Crippen molar-refractivity contribution in [2.24, 2.45) is 0 Å². The SMILES string of the molecule is CNC(=O)Cc1cc(Cl)ccc1-c1cc2n(n1)[C@@H](C)CN(Cc1ccc(C#N)cc1)C2=O. The van der Waals surface area contributed by atoms with E-state index in [9.17, 15) is 9.59 Å². The highest BCUT2D eigenvalue weighted by molar-refractivity contribution is 6.30. The molecule has 0 bridgehead atoms. The van der Waals surface area contributed by atoms with Crippen LogP contribution in [0.15, 0.2) is 48.5 Å². The first-order chi connectivity index (χ1) is 15.4. The first-order valence-electron chi connectivity index (χ1n) is 10.3. The molecule has 0 saturated carbocycles. The van der Waals surface area contributed by atoms with Crippen LogP contribution < -0.4 is 5.32 Å². The van der Waals surface area contributed by atoms with Gasteiger partial charge in [0.1, 0.15) is 5.69 Å². The van der Waals surface area contributed by atoms with Gasteiger partial charge in [-0.3, -0.25) is 14.3 Å². The van der Waals surface area contributed by atoms with Crippen molar-refractivity contribution in [2.75, 3.05) is 13.6 Å². The summed E-state index contributed by atoms with van der Waals surface area (Å²) in [7, 11) is 1.59. The van der Waals surface area contributed by atoms with Crippen molar-refractivity contribution in [3.05, 3.63) is 75.9 Å². The first-order valence-corrected chi connectivity index (χ1v) is 10.6. The van der Waals surface area contributed by atoms with Gasteiger partial charge in [0, 0.05) is 30.7 Å². The predicted molar refractivity (Wildman–Crippen MR) is 121 cm³/mol. The van der Waals surface area contributed by atoms with Crippen molar-refractivity contribution in [1.29, 1.82) is 5.26 Å². The second kappa shape index (κ2) is 8.85. The third kappa shape index (κ3) is 4.23. The molecule has 2 aromatic carbocycles. The molecular formula is C24H22ClN5O2. The van der Waals surface area contributed by atoms with Crippen LogP contribution in [0.3, 0.4) is 0 Å². The van der Waals surface area contributed by atoms with Crippen molar-refractivity contribution in [3.63, 3.8) is 0 Å². The van der Waals surface area contributed by atoms with Crippen LogP contribution in [0.25, 0.3) is 11.3 Å². The molecule has 162 valence electrons. The van der Waals surface area contributed by atoms with E-state index in [1.807, 2.05) is 25.1 Å². The molecule has 2 amide bonds. The lowest BCUT2D eigenvalue weighted by Crippen LogP contribution is -2.41. The minimum absolute atomic E-state index is 0.00970. The number of nitrogens with one attached hydrogen (secondary N) is 1. The van der Waals surface area contributed by atoms with Gasteiger partial charge in [0.25, 0.3) is 5.91 Å². The summed E-state index contributed by atoms with van der Waals surface area (Å²) in [6.07, 6.45) is 0.170. The van der Waals surface area contributed by atoms with Crippen LogP contribution in [0.5, 0.6) is 0 Å². The van der Waals surface area contributed by atoms with Gasteiger partial charge in [-0.15, -0.1) is 0 Å². The maximum absolute atomic E-state index is 13.2. The fourth-order valence-corrected chi connectivity index (χ4v) is 4.12. The summed E-state index contributed by atoms with van der Waals surface area (Å²) in [5.74, 6) is -0.233. The molecule has 1 aliphatic heterocycles. The van der Waals surface area contributed by atoms with Gasteiger partial charge in [0.2, 0.25) is 5.91 Å². The van der Waals surface area contributed by atoms with Gasteiger partial charge in [-0.2, -0.15) is 10.4 Å². The number of aromatic nitrogens is 2. The minimum atomic E-state index is -0.129. The molecule has 2 heterocycles. The molecule has 0 aliphatic carbocycles. The Hall–Kier alpha value is -3.63. The number of rotatable bonds is 5. The van der Waals surface area contributed by atoms with Crippen LogP contribution in [0, 0.1) is 11.3 Å². The molecule has 4 rings (SSSR count). The van der Waals surface area contributed by atoms with Crippen molar-refractivity contribution >= 4 is 23.4 Å². The Balaban J connectivity index is 1.64. The van der Waals surface area contributed by atoms with Crippen LogP contribution in [-0.4, -0.2) is 40.1 Å². The molecule has 0 radical (unpaired) electrons. The zero-order chi connectivity index (χ0) is 22.8. The van der Waals surface area contributed by atoms with E-state index in [0.717, 1.165) is 16.7 Å². The quantitative estimate of drug-likeness (QED) is 0.647. The molecule has 0 fully saturated rings. The summed E-state index contributed by atoms with van der Waals surface area (Å²) in [4.78, 5) is 27.0. The van der Waals surface area contributed by atoms with Gasteiger partial charge < -0.3 is 10.2 Å². The molecule has 0 saturated heterocycles. The van der Waals surface area contributed by atoms with Crippen molar-refractivity contribution in [2.45, 2.75) is 25.9 Å². The van der Waals surface area contributed by atoms with Gasteiger partial charge in [-0.25, -0.2) is 0 Å². The molecular weight excluding hydrogens is 426 g/mol. The maximum atomic E-state index is 13.2. The Morgan fingerprint density at radius 1 is 1.25 bits per heavy atom. The lowest BCUT2D eigenvalue weighted by Gasteiger charge is -2.31. The minimum Gasteiger partial charge on any atom is -0.359 e. The Bertz CT molecular complexity index is 1230. The summed E-state index contributed by atoms with van der Waals surface area (Å²) < 4.78 is 1.76. The van der Waals surface area contributed by atoms with Gasteiger partial charge in [-0.1, -0.05) is 29.8 Å². The number of carbonyl (C=O) groups is 2. The fourth-order valence-electron chi connectivity index (χ4n) is 3.92. The number of nitrogens with zero attached hydrogens (tertiary/aromatic N) is 4. The number of carbonyl (C=O) groups excluding carboxylic acids is 2. The highest BCUT2D eigenvalue weighted by Gasteiger charge is 2.31. The second-order valence-corrected chi connectivity index (χ2v) is 8.29. The molecule has 1 aliphatic rings. The van der Waals surface area contributed by atoms with E-state index in [1.54, 1.807) is 47.0 Å². The zero-order valence-electron chi connectivity index (χ0n) is 17.8. The monoisotopic (exact) mass is 447 g/mol. The number of hydrogen-bond donors (Lipinski definition) is 1. The second-order valence-electron chi connectivity index (χ2n) is 7.85. The number of nitriles is 1. The molecule has 7 nitrogen and oxygen atoms in total. The topological polar surface area (TPSA) is 91.0 Å². The average molecular weight is 448 g/mol. The number of likely N-dealkylation sites (N-methyl/N-ethyl adjacent to an activating group) is 1. The molecule has 1 aromatic heterocycles. The summed E-state index contributed by atoms with van der Waals surface area (Å²) in [6.45, 7) is 3.00. The van der Waals surface area contributed by atoms with Crippen molar-refractivity contribution in [3.8, 4) is 17.3 Å². The third-order valence-corrected chi connectivity index (χ3v) is 5.81. The zero-order valence-corrected chi connectivity index (χ0v) is 18.6. The van der Waals surface area contributed by atoms with Gasteiger partial charge in [-0.05, 0) is 48.4 Å². The van der Waals surface area contributed by atoms with E-state index >= 15 is 0 Å². The van der Waals surface area contributed by atoms with Gasteiger partial charge in [0.05, 0.1) is 29.8 Å². The van der Waals surface area contributed by atoms with Crippen LogP contribution in [-0.2, 0) is 17.8 Å². The third-order valence-electron chi connectivity index (χ3n) is 5.57. The number of benzene rings is 2. The lowest BCUT2D eigenvalue weighted by atomic mass is 10.0. The molecule has 0 unspecified atom stereocenters. The predicted octanol–water partition coefficient (Wildman–Crippen LogP) is 3.58. The molecule has 1 N–H and O–H groups in total. The standard InChI is InChI=1S/C24H22ClN5O2/c1-15-13-29(14-17-5-3-16(12-26)4-6-17)24(32)22-11-21(28-30(15)22)20-8-7-19(25)9-18(20)10-23(31)27-2/h3-9,11,15H,10,13-14H2,1-2H3,(H,27,31)/t15-/m0/s1. The van der Waals surface area contributed by atoms with Crippen LogP contribution in [0.2, 0.25) is 5.02 Å². The van der Waals surface area contributed by atoms with Crippen LogP contribution in [0.4, 0.5) is 0 Å². The van der Waals surface area contributed by atoms with E-state index in [1.165, 1.54) is 0 Å². The first kappa shape index (κ1) is 21.6. The van der Waals surface area contributed by atoms with E-state index in [2.05, 4.69) is 11.4 Å². The molecule has 3 aromatic rings. The Morgan fingerprint density at radius 3 is 2.69 bits per heavy atom. The summed E-state index contributed by atoms with van der Waals surface area (Å²) >= 11 is 6.16. The molecule has 8 heteroatoms. The van der Waals surface area contributed by atoms with Gasteiger partial charge in [0.15, 0.2) is 0 Å². The van der Waals surface area contributed by atoms with Crippen LogP contribution in [0.1, 0.15) is 40.1 Å². The Morgan fingerprint density at radius 2 is 2.00 bits per heavy atom. The number of hydrogen-bond acceptors (Lipinski definition) is 4. The highest BCUT2D eigenvalue weighted by atomic mass is 35.5. The number of fused-ring (bicyclic) bond motifs is 1. The van der Waals surface area contributed by atoms with E-state index in [-0.39, 0.29) is 24.3 Å². The number of amides is 2. The van der Waals surface area contributed by atoms with Crippen molar-refractivity contribution in [1.82, 2.24) is 20.0 Å².